The number of halogens is 2. The second kappa shape index (κ2) is 5.70. The third-order valence-electron chi connectivity index (χ3n) is 2.39. The Bertz CT molecular complexity index is 769. The highest BCUT2D eigenvalue weighted by Gasteiger charge is 2.08. The lowest BCUT2D eigenvalue weighted by Gasteiger charge is -2.07. The summed E-state index contributed by atoms with van der Waals surface area (Å²) in [7, 11) is 0. The molecule has 0 aliphatic carbocycles. The first-order valence-corrected chi connectivity index (χ1v) is 5.88. The number of benzene rings is 1. The number of carbonyl (C=O) groups is 1. The molecule has 6 nitrogen and oxygen atoms in total. The van der Waals surface area contributed by atoms with Crippen molar-refractivity contribution in [3.63, 3.8) is 0 Å². The highest BCUT2D eigenvalue weighted by atomic mass is 35.5. The lowest BCUT2D eigenvalue weighted by atomic mass is 10.3. The van der Waals surface area contributed by atoms with E-state index in [9.17, 15) is 18.8 Å². The number of hydrogen-bond acceptors (Lipinski definition) is 3. The van der Waals surface area contributed by atoms with Gasteiger partial charge in [0.25, 0.3) is 5.56 Å². The summed E-state index contributed by atoms with van der Waals surface area (Å²) >= 11 is 5.57. The number of nitrogens with zero attached hydrogens (tertiary/aromatic N) is 1. The standard InChI is InChI=1S/C12H9ClFN3O3/c13-9-5-17(12(20)16-11(9)19)6-10(18)15-8-3-1-2-7(14)4-8/h1-5H,6H2,(H,15,18)(H,16,19,20). The molecule has 20 heavy (non-hydrogen) atoms. The molecule has 8 heteroatoms. The van der Waals surface area contributed by atoms with Crippen molar-refractivity contribution in [3.05, 3.63) is 62.1 Å². The Morgan fingerprint density at radius 2 is 2.15 bits per heavy atom. The predicted molar refractivity (Wildman–Crippen MR) is 71.4 cm³/mol. The summed E-state index contributed by atoms with van der Waals surface area (Å²) in [5.41, 5.74) is -1.22. The van der Waals surface area contributed by atoms with E-state index in [1.54, 1.807) is 0 Å². The van der Waals surface area contributed by atoms with E-state index in [0.717, 1.165) is 16.8 Å². The van der Waals surface area contributed by atoms with Crippen molar-refractivity contribution >= 4 is 23.2 Å². The van der Waals surface area contributed by atoms with Gasteiger partial charge in [0, 0.05) is 11.9 Å². The van der Waals surface area contributed by atoms with E-state index < -0.39 is 23.0 Å². The molecule has 0 fully saturated rings. The molecule has 0 radical (unpaired) electrons. The Hall–Kier alpha value is -2.41. The van der Waals surface area contributed by atoms with E-state index in [1.165, 1.54) is 18.2 Å². The molecule has 1 aromatic heterocycles. The van der Waals surface area contributed by atoms with Gasteiger partial charge in [-0.3, -0.25) is 19.1 Å². The van der Waals surface area contributed by atoms with E-state index in [2.05, 4.69) is 5.32 Å². The second-order valence-electron chi connectivity index (χ2n) is 3.92. The van der Waals surface area contributed by atoms with Gasteiger partial charge in [-0.25, -0.2) is 9.18 Å². The molecule has 1 heterocycles. The number of aromatic nitrogens is 2. The average molecular weight is 298 g/mol. The highest BCUT2D eigenvalue weighted by Crippen LogP contribution is 2.08. The molecule has 0 unspecified atom stereocenters. The minimum Gasteiger partial charge on any atom is -0.324 e. The molecular formula is C12H9ClFN3O3. The van der Waals surface area contributed by atoms with Gasteiger partial charge < -0.3 is 5.32 Å². The zero-order valence-corrected chi connectivity index (χ0v) is 10.8. The first-order valence-electron chi connectivity index (χ1n) is 5.50. The fourth-order valence-electron chi connectivity index (χ4n) is 1.52. The molecule has 0 saturated heterocycles. The van der Waals surface area contributed by atoms with Crippen molar-refractivity contribution in [2.45, 2.75) is 6.54 Å². The number of amides is 1. The van der Waals surface area contributed by atoms with Crippen LogP contribution in [0.5, 0.6) is 0 Å². The summed E-state index contributed by atoms with van der Waals surface area (Å²) in [5, 5.41) is 2.21. The number of H-pyrrole nitrogens is 1. The Labute approximate surface area is 116 Å². The minimum atomic E-state index is -0.756. The van der Waals surface area contributed by atoms with E-state index in [4.69, 9.17) is 11.6 Å². The molecule has 104 valence electrons. The fourth-order valence-corrected chi connectivity index (χ4v) is 1.69. The van der Waals surface area contributed by atoms with Crippen LogP contribution < -0.4 is 16.6 Å². The van der Waals surface area contributed by atoms with Gasteiger partial charge in [0.05, 0.1) is 0 Å². The van der Waals surface area contributed by atoms with Crippen LogP contribution in [0.1, 0.15) is 0 Å². The highest BCUT2D eigenvalue weighted by molar-refractivity contribution is 6.30. The van der Waals surface area contributed by atoms with Crippen molar-refractivity contribution in [2.75, 3.05) is 5.32 Å². The molecule has 0 spiro atoms. The van der Waals surface area contributed by atoms with E-state index in [1.807, 2.05) is 4.98 Å². The third-order valence-corrected chi connectivity index (χ3v) is 2.66. The number of hydrogen-bond donors (Lipinski definition) is 2. The predicted octanol–water partition coefficient (Wildman–Crippen LogP) is 0.968. The summed E-state index contributed by atoms with van der Waals surface area (Å²) in [6.07, 6.45) is 1.06. The molecule has 0 atom stereocenters. The van der Waals surface area contributed by atoms with Crippen LogP contribution in [0.2, 0.25) is 5.02 Å². The van der Waals surface area contributed by atoms with Crippen LogP contribution in [0, 0.1) is 5.82 Å². The summed E-state index contributed by atoms with van der Waals surface area (Å²) in [4.78, 5) is 36.2. The zero-order chi connectivity index (χ0) is 14.7. The summed E-state index contributed by atoms with van der Waals surface area (Å²) < 4.78 is 13.9. The summed E-state index contributed by atoms with van der Waals surface area (Å²) in [6, 6.07) is 5.32. The first kappa shape index (κ1) is 14.0. The van der Waals surface area contributed by atoms with Crippen LogP contribution in [-0.2, 0) is 11.3 Å². The van der Waals surface area contributed by atoms with Crippen LogP contribution in [0.3, 0.4) is 0 Å². The van der Waals surface area contributed by atoms with E-state index >= 15 is 0 Å². The smallest absolute Gasteiger partial charge is 0.324 e. The molecule has 1 amide bonds. The summed E-state index contributed by atoms with van der Waals surface area (Å²) in [6.45, 7) is -0.355. The quantitative estimate of drug-likeness (QED) is 0.885. The Morgan fingerprint density at radius 3 is 2.85 bits per heavy atom. The number of carbonyl (C=O) groups excluding carboxylic acids is 1. The number of anilines is 1. The molecular weight excluding hydrogens is 289 g/mol. The van der Waals surface area contributed by atoms with Crippen LogP contribution in [0.4, 0.5) is 10.1 Å². The Kier molecular flexibility index (Phi) is 3.99. The molecule has 0 aliphatic heterocycles. The third kappa shape index (κ3) is 3.33. The van der Waals surface area contributed by atoms with Crippen LogP contribution in [0.25, 0.3) is 0 Å². The largest absolute Gasteiger partial charge is 0.328 e. The molecule has 0 aliphatic rings. The van der Waals surface area contributed by atoms with Gasteiger partial charge in [0.15, 0.2) is 0 Å². The van der Waals surface area contributed by atoms with Gasteiger partial charge in [-0.2, -0.15) is 0 Å². The molecule has 0 saturated carbocycles. The van der Waals surface area contributed by atoms with Gasteiger partial charge in [-0.15, -0.1) is 0 Å². The topological polar surface area (TPSA) is 84.0 Å². The van der Waals surface area contributed by atoms with Crippen molar-refractivity contribution in [1.82, 2.24) is 9.55 Å². The van der Waals surface area contributed by atoms with Crippen molar-refractivity contribution in [3.8, 4) is 0 Å². The Morgan fingerprint density at radius 1 is 1.40 bits per heavy atom. The lowest BCUT2D eigenvalue weighted by molar-refractivity contribution is -0.116. The van der Waals surface area contributed by atoms with Gasteiger partial charge in [0.2, 0.25) is 5.91 Å². The van der Waals surface area contributed by atoms with Gasteiger partial charge in [-0.1, -0.05) is 17.7 Å². The second-order valence-corrected chi connectivity index (χ2v) is 4.33. The number of aromatic amines is 1. The molecule has 0 bridgehead atoms. The maximum Gasteiger partial charge on any atom is 0.328 e. The lowest BCUT2D eigenvalue weighted by Crippen LogP contribution is -2.33. The molecule has 2 rings (SSSR count). The maximum atomic E-state index is 12.9. The van der Waals surface area contributed by atoms with Gasteiger partial charge in [-0.05, 0) is 18.2 Å². The monoisotopic (exact) mass is 297 g/mol. The summed E-state index contributed by atoms with van der Waals surface area (Å²) in [5.74, 6) is -1.05. The zero-order valence-electron chi connectivity index (χ0n) is 10.0. The molecule has 2 N–H and O–H groups in total. The van der Waals surface area contributed by atoms with E-state index in [-0.39, 0.29) is 17.3 Å². The van der Waals surface area contributed by atoms with Gasteiger partial charge in [0.1, 0.15) is 17.4 Å². The molecule has 1 aromatic carbocycles. The number of nitrogens with one attached hydrogen (secondary N) is 2. The minimum absolute atomic E-state index is 0.205. The van der Waals surface area contributed by atoms with Crippen molar-refractivity contribution in [2.24, 2.45) is 0 Å². The molecule has 2 aromatic rings. The van der Waals surface area contributed by atoms with Crippen molar-refractivity contribution in [1.29, 1.82) is 0 Å². The van der Waals surface area contributed by atoms with Crippen LogP contribution >= 0.6 is 11.6 Å². The SMILES string of the molecule is O=C(Cn1cc(Cl)c(=O)[nH]c1=O)Nc1cccc(F)c1. The van der Waals surface area contributed by atoms with Crippen LogP contribution in [-0.4, -0.2) is 15.5 Å². The normalized spacial score (nSPS) is 10.3. The fraction of sp³-hybridized carbons (Fsp3) is 0.0833. The number of rotatable bonds is 3. The first-order chi connectivity index (χ1) is 9.45. The van der Waals surface area contributed by atoms with Gasteiger partial charge >= 0.3 is 5.69 Å². The Balaban J connectivity index is 2.15. The van der Waals surface area contributed by atoms with Crippen LogP contribution in [0.15, 0.2) is 40.1 Å². The maximum absolute atomic E-state index is 12.9. The van der Waals surface area contributed by atoms with E-state index in [0.29, 0.717) is 0 Å². The average Bonchev–Trinajstić information content (AvgIpc) is 2.36. The van der Waals surface area contributed by atoms with Crippen molar-refractivity contribution < 1.29 is 9.18 Å².